The standard InChI is InChI=1S/C29H29N3O5S/c1-21(32(38(3,34)35)25-13-17-26(36-2)18-14-25)29(33)31-30-19-22-11-15-27(16-12-22)37-20-24-9-6-8-23-7-4-5-10-28(23)24/h4-19,21H,20H2,1-3H3,(H,31,33)/b30-19-/t21-/m0/s1. The van der Waals surface area contributed by atoms with Crippen molar-refractivity contribution >= 4 is 38.6 Å². The van der Waals surface area contributed by atoms with Gasteiger partial charge < -0.3 is 9.47 Å². The van der Waals surface area contributed by atoms with Gasteiger partial charge >= 0.3 is 0 Å². The van der Waals surface area contributed by atoms with Gasteiger partial charge in [-0.3, -0.25) is 9.10 Å². The molecule has 1 amide bonds. The van der Waals surface area contributed by atoms with Gasteiger partial charge in [0.2, 0.25) is 10.0 Å². The molecule has 0 aliphatic heterocycles. The summed E-state index contributed by atoms with van der Waals surface area (Å²) in [5.74, 6) is 0.711. The van der Waals surface area contributed by atoms with Gasteiger partial charge in [0, 0.05) is 0 Å². The Morgan fingerprint density at radius 1 is 0.947 bits per heavy atom. The molecule has 38 heavy (non-hydrogen) atoms. The third kappa shape index (κ3) is 6.49. The van der Waals surface area contributed by atoms with Crippen molar-refractivity contribution in [3.63, 3.8) is 0 Å². The summed E-state index contributed by atoms with van der Waals surface area (Å²) < 4.78 is 37.0. The molecule has 0 radical (unpaired) electrons. The van der Waals surface area contributed by atoms with Gasteiger partial charge in [-0.2, -0.15) is 5.10 Å². The van der Waals surface area contributed by atoms with E-state index in [1.54, 1.807) is 24.3 Å². The molecule has 0 spiro atoms. The van der Waals surface area contributed by atoms with Crippen LogP contribution in [-0.2, 0) is 21.4 Å². The molecule has 0 fully saturated rings. The van der Waals surface area contributed by atoms with Crippen molar-refractivity contribution in [3.05, 3.63) is 102 Å². The van der Waals surface area contributed by atoms with Crippen LogP contribution in [0.25, 0.3) is 10.8 Å². The van der Waals surface area contributed by atoms with Crippen LogP contribution in [-0.4, -0.2) is 39.9 Å². The zero-order valence-corrected chi connectivity index (χ0v) is 22.2. The number of nitrogens with zero attached hydrogens (tertiary/aromatic N) is 2. The molecular formula is C29H29N3O5S. The van der Waals surface area contributed by atoms with Crippen LogP contribution in [0.1, 0.15) is 18.1 Å². The highest BCUT2D eigenvalue weighted by molar-refractivity contribution is 7.92. The molecule has 0 aromatic heterocycles. The number of amides is 1. The maximum atomic E-state index is 12.7. The van der Waals surface area contributed by atoms with E-state index in [4.69, 9.17) is 9.47 Å². The van der Waals surface area contributed by atoms with Gasteiger partial charge in [-0.15, -0.1) is 0 Å². The summed E-state index contributed by atoms with van der Waals surface area (Å²) in [6.45, 7) is 1.94. The van der Waals surface area contributed by atoms with Gasteiger partial charge in [0.25, 0.3) is 5.91 Å². The molecule has 4 aromatic rings. The van der Waals surface area contributed by atoms with E-state index in [9.17, 15) is 13.2 Å². The number of hydrogen-bond acceptors (Lipinski definition) is 6. The van der Waals surface area contributed by atoms with Gasteiger partial charge in [0.15, 0.2) is 0 Å². The minimum Gasteiger partial charge on any atom is -0.497 e. The number of carbonyl (C=O) groups is 1. The highest BCUT2D eigenvalue weighted by Gasteiger charge is 2.29. The molecule has 8 nitrogen and oxygen atoms in total. The summed E-state index contributed by atoms with van der Waals surface area (Å²) in [5.41, 5.74) is 4.61. The van der Waals surface area contributed by atoms with Gasteiger partial charge in [0.1, 0.15) is 24.1 Å². The number of hydrogen-bond donors (Lipinski definition) is 1. The molecule has 0 aliphatic rings. The second-order valence-corrected chi connectivity index (χ2v) is 10.5. The van der Waals surface area contributed by atoms with Crippen molar-refractivity contribution in [2.45, 2.75) is 19.6 Å². The highest BCUT2D eigenvalue weighted by Crippen LogP contribution is 2.24. The Bertz CT molecular complexity index is 1530. The first-order valence-corrected chi connectivity index (χ1v) is 13.8. The number of nitrogens with one attached hydrogen (secondary N) is 1. The Hall–Kier alpha value is -4.37. The average Bonchev–Trinajstić information content (AvgIpc) is 2.92. The normalized spacial score (nSPS) is 12.3. The lowest BCUT2D eigenvalue weighted by atomic mass is 10.1. The quantitative estimate of drug-likeness (QED) is 0.236. The number of benzene rings is 4. The Kier molecular flexibility index (Phi) is 8.28. The lowest BCUT2D eigenvalue weighted by molar-refractivity contribution is -0.121. The van der Waals surface area contributed by atoms with E-state index in [1.165, 1.54) is 25.6 Å². The van der Waals surface area contributed by atoms with Crippen LogP contribution >= 0.6 is 0 Å². The van der Waals surface area contributed by atoms with Gasteiger partial charge in [-0.25, -0.2) is 13.8 Å². The topological polar surface area (TPSA) is 97.3 Å². The van der Waals surface area contributed by atoms with Crippen LogP contribution in [0.15, 0.2) is 96.1 Å². The third-order valence-corrected chi connectivity index (χ3v) is 7.20. The van der Waals surface area contributed by atoms with Crippen molar-refractivity contribution in [3.8, 4) is 11.5 Å². The van der Waals surface area contributed by atoms with Crippen LogP contribution < -0.4 is 19.2 Å². The molecule has 0 unspecified atom stereocenters. The Labute approximate surface area is 222 Å². The predicted molar refractivity (Wildman–Crippen MR) is 150 cm³/mol. The molecule has 4 aromatic carbocycles. The van der Waals surface area contributed by atoms with E-state index in [-0.39, 0.29) is 0 Å². The molecule has 1 atom stereocenters. The van der Waals surface area contributed by atoms with Crippen molar-refractivity contribution < 1.29 is 22.7 Å². The number of ether oxygens (including phenoxy) is 2. The minimum absolute atomic E-state index is 0.346. The molecule has 196 valence electrons. The fourth-order valence-corrected chi connectivity index (χ4v) is 5.21. The maximum Gasteiger partial charge on any atom is 0.263 e. The average molecular weight is 532 g/mol. The molecule has 4 rings (SSSR count). The highest BCUT2D eigenvalue weighted by atomic mass is 32.2. The smallest absolute Gasteiger partial charge is 0.263 e. The van der Waals surface area contributed by atoms with Crippen LogP contribution in [0.5, 0.6) is 11.5 Å². The molecule has 0 saturated heterocycles. The van der Waals surface area contributed by atoms with E-state index in [0.717, 1.165) is 27.1 Å². The number of hydrazone groups is 1. The third-order valence-electron chi connectivity index (χ3n) is 5.96. The molecular weight excluding hydrogens is 502 g/mol. The molecule has 0 bridgehead atoms. The monoisotopic (exact) mass is 531 g/mol. The number of fused-ring (bicyclic) bond motifs is 1. The van der Waals surface area contributed by atoms with E-state index in [2.05, 4.69) is 28.7 Å². The van der Waals surface area contributed by atoms with Crippen molar-refractivity contribution in [1.82, 2.24) is 5.43 Å². The summed E-state index contributed by atoms with van der Waals surface area (Å²) in [5, 5.41) is 6.32. The van der Waals surface area contributed by atoms with E-state index in [1.807, 2.05) is 48.5 Å². The Morgan fingerprint density at radius 2 is 1.61 bits per heavy atom. The van der Waals surface area contributed by atoms with Gasteiger partial charge in [-0.05, 0) is 77.4 Å². The first-order chi connectivity index (χ1) is 18.3. The number of sulfonamides is 1. The second-order valence-electron chi connectivity index (χ2n) is 8.66. The lowest BCUT2D eigenvalue weighted by Gasteiger charge is -2.27. The fourth-order valence-electron chi connectivity index (χ4n) is 4.03. The predicted octanol–water partition coefficient (Wildman–Crippen LogP) is 4.73. The van der Waals surface area contributed by atoms with Gasteiger partial charge in [0.05, 0.1) is 25.3 Å². The largest absolute Gasteiger partial charge is 0.497 e. The van der Waals surface area contributed by atoms with E-state index in [0.29, 0.717) is 23.8 Å². The zero-order valence-electron chi connectivity index (χ0n) is 21.4. The number of methoxy groups -OCH3 is 1. The summed E-state index contributed by atoms with van der Waals surface area (Å²) >= 11 is 0. The first kappa shape index (κ1) is 26.7. The van der Waals surface area contributed by atoms with Crippen LogP contribution in [0.4, 0.5) is 5.69 Å². The fraction of sp³-hybridized carbons (Fsp3) is 0.172. The van der Waals surface area contributed by atoms with Gasteiger partial charge in [-0.1, -0.05) is 42.5 Å². The zero-order chi connectivity index (χ0) is 27.1. The van der Waals surface area contributed by atoms with E-state index < -0.39 is 22.0 Å². The maximum absolute atomic E-state index is 12.7. The van der Waals surface area contributed by atoms with Crippen LogP contribution in [0, 0.1) is 0 Å². The van der Waals surface area contributed by atoms with Crippen molar-refractivity contribution in [1.29, 1.82) is 0 Å². The summed E-state index contributed by atoms with van der Waals surface area (Å²) in [4.78, 5) is 12.7. The van der Waals surface area contributed by atoms with Crippen LogP contribution in [0.3, 0.4) is 0 Å². The molecule has 1 N–H and O–H groups in total. The summed E-state index contributed by atoms with van der Waals surface area (Å²) in [7, 11) is -2.22. The molecule has 0 heterocycles. The molecule has 0 aliphatic carbocycles. The number of rotatable bonds is 10. The number of anilines is 1. The summed E-state index contributed by atoms with van der Waals surface area (Å²) in [6, 6.07) is 27.0. The SMILES string of the molecule is COc1ccc(N([C@@H](C)C(=O)N/N=C\c2ccc(OCc3cccc4ccccc34)cc2)S(C)(=O)=O)cc1. The van der Waals surface area contributed by atoms with Crippen LogP contribution in [0.2, 0.25) is 0 Å². The first-order valence-electron chi connectivity index (χ1n) is 11.9. The minimum atomic E-state index is -3.74. The lowest BCUT2D eigenvalue weighted by Crippen LogP contribution is -2.46. The Balaban J connectivity index is 1.36. The number of carbonyl (C=O) groups excluding carboxylic acids is 1. The summed E-state index contributed by atoms with van der Waals surface area (Å²) in [6.07, 6.45) is 2.53. The van der Waals surface area contributed by atoms with Crippen molar-refractivity contribution in [2.24, 2.45) is 5.10 Å². The molecule has 9 heteroatoms. The van der Waals surface area contributed by atoms with Crippen molar-refractivity contribution in [2.75, 3.05) is 17.7 Å². The second kappa shape index (κ2) is 11.8. The van der Waals surface area contributed by atoms with E-state index >= 15 is 0 Å². The molecule has 0 saturated carbocycles. The Morgan fingerprint density at radius 3 is 2.29 bits per heavy atom.